The van der Waals surface area contributed by atoms with Crippen LogP contribution in [0.5, 0.6) is 5.75 Å². The number of carbonyl (C=O) groups is 1. The summed E-state index contributed by atoms with van der Waals surface area (Å²) in [4.78, 5) is 11.8. The molecule has 0 aliphatic heterocycles. The maximum atomic E-state index is 13.7. The van der Waals surface area contributed by atoms with Gasteiger partial charge in [0.2, 0.25) is 0 Å². The van der Waals surface area contributed by atoms with Crippen molar-refractivity contribution in [1.29, 1.82) is 0 Å². The number of rotatable bonds is 5. The highest BCUT2D eigenvalue weighted by atomic mass is 19.1. The Labute approximate surface area is 124 Å². The van der Waals surface area contributed by atoms with Crippen molar-refractivity contribution < 1.29 is 13.9 Å². The summed E-state index contributed by atoms with van der Waals surface area (Å²) in [6, 6.07) is 4.39. The Balaban J connectivity index is 1.82. The minimum atomic E-state index is -0.407. The molecule has 1 aliphatic rings. The predicted octanol–water partition coefficient (Wildman–Crippen LogP) is 2.67. The lowest BCUT2D eigenvalue weighted by Crippen LogP contribution is -2.38. The normalized spacial score (nSPS) is 17.3. The first kappa shape index (κ1) is 15.8. The summed E-state index contributed by atoms with van der Waals surface area (Å²) < 4.78 is 19.1. The fraction of sp³-hybridized carbons (Fsp3) is 0.562. The number of halogens is 1. The zero-order valence-electron chi connectivity index (χ0n) is 12.4. The molecule has 0 saturated heterocycles. The van der Waals surface area contributed by atoms with Crippen molar-refractivity contribution in [2.45, 2.75) is 51.1 Å². The Morgan fingerprint density at radius 2 is 2.14 bits per heavy atom. The second-order valence-electron chi connectivity index (χ2n) is 5.66. The van der Waals surface area contributed by atoms with Gasteiger partial charge in [0.25, 0.3) is 5.91 Å². The van der Waals surface area contributed by atoms with Gasteiger partial charge in [0, 0.05) is 23.7 Å². The van der Waals surface area contributed by atoms with Crippen LogP contribution in [0.3, 0.4) is 0 Å². The summed E-state index contributed by atoms with van der Waals surface area (Å²) in [5.74, 6) is -0.218. The van der Waals surface area contributed by atoms with Gasteiger partial charge < -0.3 is 15.8 Å². The quantitative estimate of drug-likeness (QED) is 0.877. The molecule has 116 valence electrons. The molecule has 0 bridgehead atoms. The molecule has 1 saturated carbocycles. The molecule has 1 aromatic carbocycles. The number of ether oxygens (including phenoxy) is 1. The van der Waals surface area contributed by atoms with Crippen molar-refractivity contribution in [2.24, 2.45) is 5.73 Å². The van der Waals surface area contributed by atoms with Crippen LogP contribution in [0.15, 0.2) is 18.2 Å². The highest BCUT2D eigenvalue weighted by Gasteiger charge is 2.16. The van der Waals surface area contributed by atoms with E-state index in [0.717, 1.165) is 25.7 Å². The van der Waals surface area contributed by atoms with Crippen molar-refractivity contribution >= 4 is 5.91 Å². The van der Waals surface area contributed by atoms with E-state index in [9.17, 15) is 9.18 Å². The average Bonchev–Trinajstić information content (AvgIpc) is 2.46. The molecule has 0 unspecified atom stereocenters. The number of nitrogens with two attached hydrogens (primary N) is 1. The lowest BCUT2D eigenvalue weighted by Gasteiger charge is -2.22. The Morgan fingerprint density at radius 1 is 1.43 bits per heavy atom. The first-order valence-corrected chi connectivity index (χ1v) is 7.53. The Hall–Kier alpha value is -1.62. The Kier molecular flexibility index (Phi) is 5.56. The summed E-state index contributed by atoms with van der Waals surface area (Å²) >= 11 is 0. The molecule has 0 aromatic heterocycles. The number of hydrogen-bond acceptors (Lipinski definition) is 3. The van der Waals surface area contributed by atoms with Crippen LogP contribution in [0, 0.1) is 5.82 Å². The third-order valence-electron chi connectivity index (χ3n) is 3.80. The standard InChI is InChI=1S/C16H23FN2O2/c1-11(18)14-8-7-13(9-15(14)17)21-10-16(20)19-12-5-3-2-4-6-12/h7-9,11-12H,2-6,10,18H2,1H3,(H,19,20)/t11-/m0/s1. The number of amides is 1. The van der Waals surface area contributed by atoms with E-state index in [1.165, 1.54) is 12.5 Å². The van der Waals surface area contributed by atoms with Gasteiger partial charge in [0.05, 0.1) is 0 Å². The molecule has 1 fully saturated rings. The van der Waals surface area contributed by atoms with Crippen LogP contribution in [-0.4, -0.2) is 18.6 Å². The van der Waals surface area contributed by atoms with Crippen molar-refractivity contribution in [3.63, 3.8) is 0 Å². The minimum Gasteiger partial charge on any atom is -0.484 e. The van der Waals surface area contributed by atoms with Crippen LogP contribution in [0.1, 0.15) is 50.6 Å². The second kappa shape index (κ2) is 7.41. The van der Waals surface area contributed by atoms with E-state index in [1.54, 1.807) is 19.1 Å². The zero-order chi connectivity index (χ0) is 15.2. The molecule has 0 radical (unpaired) electrons. The SMILES string of the molecule is C[C@H](N)c1ccc(OCC(=O)NC2CCCCC2)cc1F. The highest BCUT2D eigenvalue weighted by molar-refractivity contribution is 5.77. The van der Waals surface area contributed by atoms with Gasteiger partial charge in [-0.25, -0.2) is 4.39 Å². The molecule has 2 rings (SSSR count). The molecule has 1 atom stereocenters. The highest BCUT2D eigenvalue weighted by Crippen LogP contribution is 2.21. The summed E-state index contributed by atoms with van der Waals surface area (Å²) in [6.45, 7) is 1.63. The molecule has 3 N–H and O–H groups in total. The molecular formula is C16H23FN2O2. The molecule has 5 heteroatoms. The molecule has 4 nitrogen and oxygen atoms in total. The fourth-order valence-electron chi connectivity index (χ4n) is 2.63. The maximum Gasteiger partial charge on any atom is 0.258 e. The van der Waals surface area contributed by atoms with Gasteiger partial charge in [0.15, 0.2) is 6.61 Å². The van der Waals surface area contributed by atoms with Gasteiger partial charge in [-0.05, 0) is 25.8 Å². The first-order chi connectivity index (χ1) is 10.1. The number of carbonyl (C=O) groups excluding carboxylic acids is 1. The van der Waals surface area contributed by atoms with Crippen molar-refractivity contribution in [3.8, 4) is 5.75 Å². The van der Waals surface area contributed by atoms with Crippen molar-refractivity contribution in [1.82, 2.24) is 5.32 Å². The molecule has 1 aromatic rings. The number of nitrogens with one attached hydrogen (secondary N) is 1. The van der Waals surface area contributed by atoms with E-state index < -0.39 is 5.82 Å². The third-order valence-corrected chi connectivity index (χ3v) is 3.80. The van der Waals surface area contributed by atoms with Crippen LogP contribution in [0.4, 0.5) is 4.39 Å². The second-order valence-corrected chi connectivity index (χ2v) is 5.66. The maximum absolute atomic E-state index is 13.7. The van der Waals surface area contributed by atoms with Crippen LogP contribution in [-0.2, 0) is 4.79 Å². The summed E-state index contributed by atoms with van der Waals surface area (Å²) in [6.07, 6.45) is 5.63. The smallest absolute Gasteiger partial charge is 0.258 e. The number of benzene rings is 1. The van der Waals surface area contributed by atoms with Crippen molar-refractivity contribution in [2.75, 3.05) is 6.61 Å². The van der Waals surface area contributed by atoms with Crippen molar-refractivity contribution in [3.05, 3.63) is 29.6 Å². The zero-order valence-corrected chi connectivity index (χ0v) is 12.4. The molecule has 1 aliphatic carbocycles. The monoisotopic (exact) mass is 294 g/mol. The van der Waals surface area contributed by atoms with Gasteiger partial charge in [-0.15, -0.1) is 0 Å². The van der Waals surface area contributed by atoms with E-state index in [1.807, 2.05) is 0 Å². The minimum absolute atomic E-state index is 0.0898. The largest absolute Gasteiger partial charge is 0.484 e. The lowest BCUT2D eigenvalue weighted by atomic mass is 9.95. The van der Waals surface area contributed by atoms with Crippen LogP contribution in [0.2, 0.25) is 0 Å². The first-order valence-electron chi connectivity index (χ1n) is 7.53. The topological polar surface area (TPSA) is 64.3 Å². The average molecular weight is 294 g/mol. The van der Waals surface area contributed by atoms with E-state index in [-0.39, 0.29) is 24.6 Å². The van der Waals surface area contributed by atoms with Gasteiger partial charge in [-0.2, -0.15) is 0 Å². The van der Waals surface area contributed by atoms with Crippen LogP contribution >= 0.6 is 0 Å². The van der Waals surface area contributed by atoms with E-state index in [4.69, 9.17) is 10.5 Å². The number of hydrogen-bond donors (Lipinski definition) is 2. The van der Waals surface area contributed by atoms with Crippen LogP contribution < -0.4 is 15.8 Å². The fourth-order valence-corrected chi connectivity index (χ4v) is 2.63. The molecule has 0 spiro atoms. The van der Waals surface area contributed by atoms with Gasteiger partial charge in [-0.3, -0.25) is 4.79 Å². The van der Waals surface area contributed by atoms with Gasteiger partial charge >= 0.3 is 0 Å². The Bertz CT molecular complexity index is 485. The van der Waals surface area contributed by atoms with E-state index >= 15 is 0 Å². The summed E-state index contributed by atoms with van der Waals surface area (Å²) in [5, 5.41) is 2.96. The van der Waals surface area contributed by atoms with E-state index in [2.05, 4.69) is 5.32 Å². The van der Waals surface area contributed by atoms with Gasteiger partial charge in [0.1, 0.15) is 11.6 Å². The molecule has 1 amide bonds. The summed E-state index contributed by atoms with van der Waals surface area (Å²) in [5.41, 5.74) is 6.08. The summed E-state index contributed by atoms with van der Waals surface area (Å²) in [7, 11) is 0. The third kappa shape index (κ3) is 4.70. The van der Waals surface area contributed by atoms with Gasteiger partial charge in [-0.1, -0.05) is 25.3 Å². The predicted molar refractivity (Wildman–Crippen MR) is 79.5 cm³/mol. The van der Waals surface area contributed by atoms with Crippen LogP contribution in [0.25, 0.3) is 0 Å². The molecular weight excluding hydrogens is 271 g/mol. The van der Waals surface area contributed by atoms with E-state index in [0.29, 0.717) is 11.3 Å². The molecule has 21 heavy (non-hydrogen) atoms. The lowest BCUT2D eigenvalue weighted by molar-refractivity contribution is -0.124. The Morgan fingerprint density at radius 3 is 2.76 bits per heavy atom. The molecule has 0 heterocycles.